The Hall–Kier alpha value is -1.59. The highest BCUT2D eigenvalue weighted by atomic mass is 35.5. The van der Waals surface area contributed by atoms with Gasteiger partial charge in [-0.2, -0.15) is 0 Å². The van der Waals surface area contributed by atoms with Crippen LogP contribution in [-0.2, 0) is 9.59 Å². The molecule has 1 aliphatic rings. The molecule has 6 heteroatoms. The van der Waals surface area contributed by atoms with Gasteiger partial charge in [-0.1, -0.05) is 37.1 Å². The molecule has 1 aliphatic heterocycles. The molecule has 0 aromatic heterocycles. The molecule has 2 rings (SSSR count). The summed E-state index contributed by atoms with van der Waals surface area (Å²) in [5, 5.41) is 3.36. The Balaban J connectivity index is 1.74. The fraction of sp³-hybridized carbons (Fsp3) is 0.529. The maximum absolute atomic E-state index is 12.1. The molecule has 1 heterocycles. The second-order valence-electron chi connectivity index (χ2n) is 5.79. The van der Waals surface area contributed by atoms with Crippen LogP contribution >= 0.6 is 11.6 Å². The molecule has 23 heavy (non-hydrogen) atoms. The maximum Gasteiger partial charge on any atom is 0.238 e. The SMILES string of the molecule is CCCCC(=O)N1CCN(CC(=O)Nc2ccccc2Cl)CC1. The second-order valence-corrected chi connectivity index (χ2v) is 6.20. The minimum Gasteiger partial charge on any atom is -0.340 e. The van der Waals surface area contributed by atoms with Gasteiger partial charge in [0.05, 0.1) is 17.3 Å². The Morgan fingerprint density at radius 1 is 1.17 bits per heavy atom. The molecular formula is C17H24ClN3O2. The Kier molecular flexibility index (Phi) is 6.86. The van der Waals surface area contributed by atoms with Crippen LogP contribution < -0.4 is 5.32 Å². The van der Waals surface area contributed by atoms with Gasteiger partial charge >= 0.3 is 0 Å². The van der Waals surface area contributed by atoms with Crippen molar-refractivity contribution in [3.05, 3.63) is 29.3 Å². The molecule has 0 aliphatic carbocycles. The van der Waals surface area contributed by atoms with E-state index in [2.05, 4.69) is 17.1 Å². The zero-order valence-electron chi connectivity index (χ0n) is 13.6. The predicted molar refractivity (Wildman–Crippen MR) is 92.6 cm³/mol. The van der Waals surface area contributed by atoms with Crippen molar-refractivity contribution < 1.29 is 9.59 Å². The number of anilines is 1. The van der Waals surface area contributed by atoms with Crippen molar-refractivity contribution in [1.82, 2.24) is 9.80 Å². The van der Waals surface area contributed by atoms with Crippen molar-refractivity contribution in [2.75, 3.05) is 38.0 Å². The zero-order chi connectivity index (χ0) is 16.7. The topological polar surface area (TPSA) is 52.7 Å². The van der Waals surface area contributed by atoms with Crippen molar-refractivity contribution in [1.29, 1.82) is 0 Å². The molecular weight excluding hydrogens is 314 g/mol. The number of halogens is 1. The Bertz CT molecular complexity index is 542. The first-order valence-electron chi connectivity index (χ1n) is 8.14. The molecule has 0 radical (unpaired) electrons. The molecule has 0 spiro atoms. The van der Waals surface area contributed by atoms with Gasteiger partial charge in [-0.05, 0) is 18.6 Å². The molecule has 2 amide bonds. The smallest absolute Gasteiger partial charge is 0.238 e. The van der Waals surface area contributed by atoms with Crippen LogP contribution in [-0.4, -0.2) is 54.3 Å². The summed E-state index contributed by atoms with van der Waals surface area (Å²) in [5.41, 5.74) is 0.632. The lowest BCUT2D eigenvalue weighted by Gasteiger charge is -2.34. The normalized spacial score (nSPS) is 15.5. The van der Waals surface area contributed by atoms with E-state index in [1.165, 1.54) is 0 Å². The van der Waals surface area contributed by atoms with Crippen LogP contribution in [0.3, 0.4) is 0 Å². The first-order chi connectivity index (χ1) is 11.1. The third-order valence-electron chi connectivity index (χ3n) is 3.98. The number of carbonyl (C=O) groups is 2. The van der Waals surface area contributed by atoms with Crippen LogP contribution in [0.1, 0.15) is 26.2 Å². The summed E-state index contributed by atoms with van der Waals surface area (Å²) in [5.74, 6) is 0.149. The number of benzene rings is 1. The van der Waals surface area contributed by atoms with Crippen molar-refractivity contribution in [3.8, 4) is 0 Å². The van der Waals surface area contributed by atoms with Crippen molar-refractivity contribution in [3.63, 3.8) is 0 Å². The number of para-hydroxylation sites is 1. The number of carbonyl (C=O) groups excluding carboxylic acids is 2. The van der Waals surface area contributed by atoms with Crippen molar-refractivity contribution in [2.24, 2.45) is 0 Å². The number of hydrogen-bond acceptors (Lipinski definition) is 3. The zero-order valence-corrected chi connectivity index (χ0v) is 14.3. The third-order valence-corrected chi connectivity index (χ3v) is 4.31. The fourth-order valence-corrected chi connectivity index (χ4v) is 2.78. The molecule has 1 N–H and O–H groups in total. The van der Waals surface area contributed by atoms with Gasteiger partial charge in [0.2, 0.25) is 11.8 Å². The summed E-state index contributed by atoms with van der Waals surface area (Å²) < 4.78 is 0. The number of piperazine rings is 1. The first-order valence-corrected chi connectivity index (χ1v) is 8.52. The van der Waals surface area contributed by atoms with Crippen LogP contribution in [0.4, 0.5) is 5.69 Å². The molecule has 0 saturated carbocycles. The highest BCUT2D eigenvalue weighted by molar-refractivity contribution is 6.33. The number of amides is 2. The van der Waals surface area contributed by atoms with Gasteiger partial charge in [0, 0.05) is 32.6 Å². The van der Waals surface area contributed by atoms with Crippen LogP contribution in [0.25, 0.3) is 0 Å². The maximum atomic E-state index is 12.1. The van der Waals surface area contributed by atoms with Gasteiger partial charge in [0.25, 0.3) is 0 Å². The van der Waals surface area contributed by atoms with E-state index in [0.29, 0.717) is 36.8 Å². The van der Waals surface area contributed by atoms with Crippen LogP contribution in [0.15, 0.2) is 24.3 Å². The Morgan fingerprint density at radius 2 is 1.87 bits per heavy atom. The monoisotopic (exact) mass is 337 g/mol. The minimum atomic E-state index is -0.0798. The standard InChI is InChI=1S/C17H24ClN3O2/c1-2-3-8-17(23)21-11-9-20(10-12-21)13-16(22)19-15-7-5-4-6-14(15)18/h4-7H,2-3,8-13H2,1H3,(H,19,22). The van der Waals surface area contributed by atoms with Gasteiger partial charge in [-0.15, -0.1) is 0 Å². The van der Waals surface area contributed by atoms with E-state index in [1.807, 2.05) is 17.0 Å². The average Bonchev–Trinajstić information content (AvgIpc) is 2.55. The van der Waals surface area contributed by atoms with E-state index in [0.717, 1.165) is 25.9 Å². The van der Waals surface area contributed by atoms with Gasteiger partial charge in [-0.3, -0.25) is 14.5 Å². The van der Waals surface area contributed by atoms with Gasteiger partial charge in [0.15, 0.2) is 0 Å². The van der Waals surface area contributed by atoms with E-state index in [-0.39, 0.29) is 11.8 Å². The number of hydrogen-bond donors (Lipinski definition) is 1. The predicted octanol–water partition coefficient (Wildman–Crippen LogP) is 2.61. The van der Waals surface area contributed by atoms with E-state index < -0.39 is 0 Å². The molecule has 0 unspecified atom stereocenters. The Labute approximate surface area is 142 Å². The van der Waals surface area contributed by atoms with Crippen molar-refractivity contribution in [2.45, 2.75) is 26.2 Å². The lowest BCUT2D eigenvalue weighted by atomic mass is 10.2. The summed E-state index contributed by atoms with van der Waals surface area (Å²) in [6.45, 7) is 5.26. The average molecular weight is 338 g/mol. The minimum absolute atomic E-state index is 0.0798. The van der Waals surface area contributed by atoms with Crippen molar-refractivity contribution >= 4 is 29.1 Å². The molecule has 0 atom stereocenters. The first kappa shape index (κ1) is 17.8. The summed E-state index contributed by atoms with van der Waals surface area (Å²) >= 11 is 6.03. The second kappa shape index (κ2) is 8.89. The third kappa shape index (κ3) is 5.52. The van der Waals surface area contributed by atoms with Gasteiger partial charge in [-0.25, -0.2) is 0 Å². The van der Waals surface area contributed by atoms with Crippen LogP contribution in [0.2, 0.25) is 5.02 Å². The summed E-state index contributed by atoms with van der Waals surface area (Å²) in [7, 11) is 0. The molecule has 1 saturated heterocycles. The lowest BCUT2D eigenvalue weighted by Crippen LogP contribution is -2.50. The number of unbranched alkanes of at least 4 members (excludes halogenated alkanes) is 1. The lowest BCUT2D eigenvalue weighted by molar-refractivity contribution is -0.133. The van der Waals surface area contributed by atoms with E-state index in [9.17, 15) is 9.59 Å². The quantitative estimate of drug-likeness (QED) is 0.868. The number of nitrogens with zero attached hydrogens (tertiary/aromatic N) is 2. The number of nitrogens with one attached hydrogen (secondary N) is 1. The molecule has 5 nitrogen and oxygen atoms in total. The van der Waals surface area contributed by atoms with Gasteiger partial charge < -0.3 is 10.2 Å². The number of rotatable bonds is 6. The van der Waals surface area contributed by atoms with E-state index >= 15 is 0 Å². The summed E-state index contributed by atoms with van der Waals surface area (Å²) in [4.78, 5) is 28.0. The molecule has 1 aromatic carbocycles. The largest absolute Gasteiger partial charge is 0.340 e. The Morgan fingerprint density at radius 3 is 2.52 bits per heavy atom. The summed E-state index contributed by atoms with van der Waals surface area (Å²) in [6.07, 6.45) is 2.61. The van der Waals surface area contributed by atoms with E-state index in [1.54, 1.807) is 12.1 Å². The van der Waals surface area contributed by atoms with Gasteiger partial charge in [0.1, 0.15) is 0 Å². The molecule has 1 aromatic rings. The molecule has 1 fully saturated rings. The molecule has 126 valence electrons. The summed E-state index contributed by atoms with van der Waals surface area (Å²) in [6, 6.07) is 7.19. The highest BCUT2D eigenvalue weighted by Gasteiger charge is 2.22. The highest BCUT2D eigenvalue weighted by Crippen LogP contribution is 2.20. The molecule has 0 bridgehead atoms. The van der Waals surface area contributed by atoms with Crippen LogP contribution in [0.5, 0.6) is 0 Å². The van der Waals surface area contributed by atoms with E-state index in [4.69, 9.17) is 11.6 Å². The fourth-order valence-electron chi connectivity index (χ4n) is 2.60. The van der Waals surface area contributed by atoms with Crippen LogP contribution in [0, 0.1) is 0 Å².